The highest BCUT2D eigenvalue weighted by Crippen LogP contribution is 2.27. The quantitative estimate of drug-likeness (QED) is 0.897. The third-order valence-electron chi connectivity index (χ3n) is 2.99. The first-order valence-corrected chi connectivity index (χ1v) is 5.82. The summed E-state index contributed by atoms with van der Waals surface area (Å²) in [7, 11) is 1.80. The zero-order valence-corrected chi connectivity index (χ0v) is 10.0. The van der Waals surface area contributed by atoms with E-state index in [1.54, 1.807) is 7.05 Å². The van der Waals surface area contributed by atoms with Crippen molar-refractivity contribution < 1.29 is 13.2 Å². The average Bonchev–Trinajstić information content (AvgIpc) is 2.81. The van der Waals surface area contributed by atoms with Crippen molar-refractivity contribution >= 4 is 5.82 Å². The molecule has 18 heavy (non-hydrogen) atoms. The predicted molar refractivity (Wildman–Crippen MR) is 61.3 cm³/mol. The van der Waals surface area contributed by atoms with Crippen molar-refractivity contribution in [1.29, 1.82) is 0 Å². The molecule has 1 aliphatic heterocycles. The van der Waals surface area contributed by atoms with Crippen LogP contribution in [-0.4, -0.2) is 36.4 Å². The Morgan fingerprint density at radius 1 is 1.39 bits per heavy atom. The van der Waals surface area contributed by atoms with E-state index in [0.717, 1.165) is 32.0 Å². The maximum absolute atomic E-state index is 12.3. The molecule has 1 saturated heterocycles. The lowest BCUT2D eigenvalue weighted by atomic mass is 10.2. The van der Waals surface area contributed by atoms with Gasteiger partial charge in [0.05, 0.1) is 0 Å². The molecule has 100 valence electrons. The molecule has 1 aromatic rings. The molecule has 0 aromatic carbocycles. The zero-order valence-electron chi connectivity index (χ0n) is 10.0. The third-order valence-corrected chi connectivity index (χ3v) is 2.99. The molecular formula is C11H15F3N4. The van der Waals surface area contributed by atoms with E-state index in [1.807, 2.05) is 4.90 Å². The summed E-state index contributed by atoms with van der Waals surface area (Å²) in [6, 6.07) is 2.69. The highest BCUT2D eigenvalue weighted by molar-refractivity contribution is 5.36. The van der Waals surface area contributed by atoms with Crippen LogP contribution in [0.1, 0.15) is 18.5 Å². The Labute approximate surface area is 103 Å². The largest absolute Gasteiger partial charge is 0.435 e. The van der Waals surface area contributed by atoms with E-state index in [9.17, 15) is 13.2 Å². The second-order valence-corrected chi connectivity index (χ2v) is 4.45. The molecular weight excluding hydrogens is 245 g/mol. The normalized spacial score (nSPS) is 20.1. The van der Waals surface area contributed by atoms with Gasteiger partial charge < -0.3 is 10.2 Å². The second-order valence-electron chi connectivity index (χ2n) is 4.45. The molecule has 1 N–H and O–H groups in total. The lowest BCUT2D eigenvalue weighted by molar-refractivity contribution is -0.141. The smallest absolute Gasteiger partial charge is 0.357 e. The van der Waals surface area contributed by atoms with E-state index in [2.05, 4.69) is 15.5 Å². The summed E-state index contributed by atoms with van der Waals surface area (Å²) in [6.45, 7) is 1.72. The van der Waals surface area contributed by atoms with Crippen LogP contribution in [0, 0.1) is 0 Å². The van der Waals surface area contributed by atoms with Gasteiger partial charge in [0.15, 0.2) is 11.5 Å². The van der Waals surface area contributed by atoms with Gasteiger partial charge >= 0.3 is 6.18 Å². The summed E-state index contributed by atoms with van der Waals surface area (Å²) >= 11 is 0. The van der Waals surface area contributed by atoms with Crippen molar-refractivity contribution in [2.75, 3.05) is 25.0 Å². The first-order valence-electron chi connectivity index (χ1n) is 5.82. The van der Waals surface area contributed by atoms with Crippen LogP contribution in [0.5, 0.6) is 0 Å². The maximum atomic E-state index is 12.3. The molecule has 0 radical (unpaired) electrons. The highest BCUT2D eigenvalue weighted by Gasteiger charge is 2.33. The van der Waals surface area contributed by atoms with E-state index in [0.29, 0.717) is 11.9 Å². The minimum absolute atomic E-state index is 0.374. The molecule has 4 nitrogen and oxygen atoms in total. The van der Waals surface area contributed by atoms with Crippen LogP contribution in [-0.2, 0) is 6.18 Å². The fraction of sp³-hybridized carbons (Fsp3) is 0.636. The molecule has 1 unspecified atom stereocenters. The molecule has 0 aliphatic carbocycles. The molecule has 2 rings (SSSR count). The van der Waals surface area contributed by atoms with Gasteiger partial charge in [-0.05, 0) is 31.5 Å². The van der Waals surface area contributed by atoms with Crippen LogP contribution in [0.4, 0.5) is 19.0 Å². The van der Waals surface area contributed by atoms with Gasteiger partial charge in [0.2, 0.25) is 0 Å². The standard InChI is InChI=1S/C11H15F3N4/c1-18(7-8-3-2-6-15-8)10-5-4-9(16-17-10)11(12,13)14/h4-5,8,15H,2-3,6-7H2,1H3. The average molecular weight is 260 g/mol. The Morgan fingerprint density at radius 3 is 2.67 bits per heavy atom. The minimum atomic E-state index is -4.43. The van der Waals surface area contributed by atoms with Crippen molar-refractivity contribution in [3.63, 3.8) is 0 Å². The monoisotopic (exact) mass is 260 g/mol. The molecule has 7 heteroatoms. The van der Waals surface area contributed by atoms with Crippen LogP contribution < -0.4 is 10.2 Å². The summed E-state index contributed by atoms with van der Waals surface area (Å²) in [4.78, 5) is 1.82. The van der Waals surface area contributed by atoms with Gasteiger partial charge in [0.1, 0.15) is 0 Å². The Bertz CT molecular complexity index is 384. The summed E-state index contributed by atoms with van der Waals surface area (Å²) in [6.07, 6.45) is -2.22. The second kappa shape index (κ2) is 5.09. The van der Waals surface area contributed by atoms with Gasteiger partial charge in [0, 0.05) is 19.6 Å². The van der Waals surface area contributed by atoms with Gasteiger partial charge in [-0.3, -0.25) is 0 Å². The Morgan fingerprint density at radius 2 is 2.17 bits per heavy atom. The fourth-order valence-electron chi connectivity index (χ4n) is 2.02. The molecule has 1 aromatic heterocycles. The number of nitrogens with zero attached hydrogens (tertiary/aromatic N) is 3. The number of nitrogens with one attached hydrogen (secondary N) is 1. The van der Waals surface area contributed by atoms with E-state index in [4.69, 9.17) is 0 Å². The molecule has 1 aliphatic rings. The van der Waals surface area contributed by atoms with E-state index >= 15 is 0 Å². The van der Waals surface area contributed by atoms with E-state index < -0.39 is 11.9 Å². The van der Waals surface area contributed by atoms with Crippen molar-refractivity contribution in [2.45, 2.75) is 25.1 Å². The Hall–Kier alpha value is -1.37. The lowest BCUT2D eigenvalue weighted by Gasteiger charge is -2.21. The van der Waals surface area contributed by atoms with Crippen molar-refractivity contribution in [3.8, 4) is 0 Å². The number of hydrogen-bond acceptors (Lipinski definition) is 4. The van der Waals surface area contributed by atoms with Crippen LogP contribution in [0.3, 0.4) is 0 Å². The van der Waals surface area contributed by atoms with Gasteiger partial charge in [-0.1, -0.05) is 0 Å². The molecule has 0 amide bonds. The number of likely N-dealkylation sites (N-methyl/N-ethyl adjacent to an activating group) is 1. The molecule has 2 heterocycles. The predicted octanol–water partition coefficient (Wildman–Crippen LogP) is 1.68. The van der Waals surface area contributed by atoms with Gasteiger partial charge in [-0.2, -0.15) is 13.2 Å². The first kappa shape index (κ1) is 13.1. The number of aromatic nitrogens is 2. The van der Waals surface area contributed by atoms with Crippen molar-refractivity contribution in [1.82, 2.24) is 15.5 Å². The third kappa shape index (κ3) is 3.10. The van der Waals surface area contributed by atoms with Crippen LogP contribution >= 0.6 is 0 Å². The number of halogens is 3. The number of hydrogen-bond donors (Lipinski definition) is 1. The summed E-state index contributed by atoms with van der Waals surface area (Å²) in [5, 5.41) is 10.1. The topological polar surface area (TPSA) is 41.0 Å². The molecule has 0 saturated carbocycles. The number of anilines is 1. The van der Waals surface area contributed by atoms with Gasteiger partial charge in [-0.15, -0.1) is 10.2 Å². The molecule has 1 fully saturated rings. The fourth-order valence-corrected chi connectivity index (χ4v) is 2.02. The molecule has 1 atom stereocenters. The molecule has 0 bridgehead atoms. The summed E-state index contributed by atoms with van der Waals surface area (Å²) in [5.74, 6) is 0.455. The van der Waals surface area contributed by atoms with E-state index in [1.165, 1.54) is 6.07 Å². The van der Waals surface area contributed by atoms with Crippen LogP contribution in [0.25, 0.3) is 0 Å². The Kier molecular flexibility index (Phi) is 3.70. The van der Waals surface area contributed by atoms with Gasteiger partial charge in [-0.25, -0.2) is 0 Å². The lowest BCUT2D eigenvalue weighted by Crippen LogP contribution is -2.35. The number of alkyl halides is 3. The number of rotatable bonds is 3. The molecule has 0 spiro atoms. The summed E-state index contributed by atoms with van der Waals surface area (Å²) < 4.78 is 37.0. The van der Waals surface area contributed by atoms with Crippen LogP contribution in [0.2, 0.25) is 0 Å². The van der Waals surface area contributed by atoms with Crippen molar-refractivity contribution in [3.05, 3.63) is 17.8 Å². The maximum Gasteiger partial charge on any atom is 0.435 e. The zero-order chi connectivity index (χ0) is 13.2. The van der Waals surface area contributed by atoms with Gasteiger partial charge in [0.25, 0.3) is 0 Å². The minimum Gasteiger partial charge on any atom is -0.357 e. The highest BCUT2D eigenvalue weighted by atomic mass is 19.4. The summed E-state index contributed by atoms with van der Waals surface area (Å²) in [5.41, 5.74) is -0.960. The first-order chi connectivity index (χ1) is 8.47. The SMILES string of the molecule is CN(CC1CCCN1)c1ccc(C(F)(F)F)nn1. The van der Waals surface area contributed by atoms with Crippen molar-refractivity contribution in [2.24, 2.45) is 0 Å². The van der Waals surface area contributed by atoms with Crippen LogP contribution in [0.15, 0.2) is 12.1 Å². The Balaban J connectivity index is 2.00. The van der Waals surface area contributed by atoms with E-state index in [-0.39, 0.29) is 0 Å².